The molecular weight excluding hydrogens is 496 g/mol. The van der Waals surface area contributed by atoms with Crippen LogP contribution < -0.4 is 10.6 Å². The molecule has 0 saturated heterocycles. The van der Waals surface area contributed by atoms with Crippen LogP contribution in [0.2, 0.25) is 5.02 Å². The van der Waals surface area contributed by atoms with Gasteiger partial charge < -0.3 is 15.4 Å². The Hall–Kier alpha value is -3.81. The molecule has 3 aromatic carbocycles. The van der Waals surface area contributed by atoms with Crippen LogP contribution in [-0.4, -0.2) is 30.1 Å². The molecule has 6 nitrogen and oxygen atoms in total. The first-order chi connectivity index (χ1) is 17.4. The lowest BCUT2D eigenvalue weighted by atomic mass is 10.1. The van der Waals surface area contributed by atoms with Gasteiger partial charge in [-0.2, -0.15) is 0 Å². The van der Waals surface area contributed by atoms with Crippen LogP contribution in [0.15, 0.2) is 102 Å². The summed E-state index contributed by atoms with van der Waals surface area (Å²) in [6.07, 6.45) is 4.71. The lowest BCUT2D eigenvalue weighted by Crippen LogP contribution is -2.30. The van der Waals surface area contributed by atoms with E-state index in [-0.39, 0.29) is 11.7 Å². The first kappa shape index (κ1) is 26.8. The summed E-state index contributed by atoms with van der Waals surface area (Å²) in [7, 11) is 0. The molecule has 0 aromatic heterocycles. The molecule has 2 amide bonds. The van der Waals surface area contributed by atoms with Gasteiger partial charge in [-0.25, -0.2) is 4.79 Å². The van der Waals surface area contributed by atoms with Gasteiger partial charge in [-0.15, -0.1) is 11.8 Å². The van der Waals surface area contributed by atoms with Crippen molar-refractivity contribution in [2.75, 3.05) is 17.7 Å². The average Bonchev–Trinajstić information content (AvgIpc) is 2.88. The molecule has 0 aliphatic rings. The van der Waals surface area contributed by atoms with Crippen molar-refractivity contribution in [2.45, 2.75) is 11.8 Å². The molecule has 3 aromatic rings. The molecule has 0 aliphatic carbocycles. The maximum Gasteiger partial charge on any atom is 0.330 e. The zero-order valence-corrected chi connectivity index (χ0v) is 21.1. The number of halogens is 1. The number of anilines is 1. The molecule has 0 bridgehead atoms. The van der Waals surface area contributed by atoms with Gasteiger partial charge in [-0.1, -0.05) is 54.1 Å². The predicted octanol–water partition coefficient (Wildman–Crippen LogP) is 5.96. The predicted molar refractivity (Wildman–Crippen MR) is 145 cm³/mol. The van der Waals surface area contributed by atoms with Crippen molar-refractivity contribution in [3.8, 4) is 0 Å². The normalized spacial score (nSPS) is 11.2. The van der Waals surface area contributed by atoms with Gasteiger partial charge in [0.25, 0.3) is 11.8 Å². The molecule has 0 radical (unpaired) electrons. The van der Waals surface area contributed by atoms with Crippen molar-refractivity contribution in [3.05, 3.63) is 113 Å². The minimum absolute atomic E-state index is 0.0848. The Labute approximate surface area is 219 Å². The van der Waals surface area contributed by atoms with Crippen molar-refractivity contribution in [1.82, 2.24) is 5.32 Å². The van der Waals surface area contributed by atoms with Crippen LogP contribution in [0, 0.1) is 0 Å². The van der Waals surface area contributed by atoms with E-state index in [9.17, 15) is 14.4 Å². The minimum Gasteiger partial charge on any atom is -0.463 e. The van der Waals surface area contributed by atoms with E-state index >= 15 is 0 Å². The van der Waals surface area contributed by atoms with Gasteiger partial charge in [0.15, 0.2) is 0 Å². The maximum atomic E-state index is 13.2. The Morgan fingerprint density at radius 1 is 0.972 bits per heavy atom. The number of rotatable bonds is 10. The number of hydrogen-bond acceptors (Lipinski definition) is 5. The highest BCUT2D eigenvalue weighted by atomic mass is 35.5. The van der Waals surface area contributed by atoms with Crippen LogP contribution in [-0.2, 0) is 14.3 Å². The average molecular weight is 521 g/mol. The van der Waals surface area contributed by atoms with Gasteiger partial charge in [0.2, 0.25) is 0 Å². The summed E-state index contributed by atoms with van der Waals surface area (Å²) in [6.45, 7) is 2.09. The van der Waals surface area contributed by atoms with Crippen LogP contribution in [0.4, 0.5) is 5.69 Å². The van der Waals surface area contributed by atoms with E-state index < -0.39 is 11.8 Å². The summed E-state index contributed by atoms with van der Waals surface area (Å²) < 4.78 is 4.86. The van der Waals surface area contributed by atoms with E-state index in [4.69, 9.17) is 16.3 Å². The van der Waals surface area contributed by atoms with E-state index in [1.807, 2.05) is 24.3 Å². The largest absolute Gasteiger partial charge is 0.463 e. The van der Waals surface area contributed by atoms with E-state index in [1.165, 1.54) is 17.8 Å². The SMILES string of the molecule is CCOC(=O)/C=C/CSc1cccc(NC(=O)/C(=C\c2ccc(Cl)cc2)NC(=O)c2ccccc2)c1. The quantitative estimate of drug-likeness (QED) is 0.196. The van der Waals surface area contributed by atoms with E-state index in [0.717, 1.165) is 4.90 Å². The highest BCUT2D eigenvalue weighted by Crippen LogP contribution is 2.22. The topological polar surface area (TPSA) is 84.5 Å². The van der Waals surface area contributed by atoms with Gasteiger partial charge >= 0.3 is 5.97 Å². The van der Waals surface area contributed by atoms with Gasteiger partial charge in [-0.3, -0.25) is 9.59 Å². The number of hydrogen-bond donors (Lipinski definition) is 2. The minimum atomic E-state index is -0.474. The Balaban J connectivity index is 1.73. The summed E-state index contributed by atoms with van der Waals surface area (Å²) in [4.78, 5) is 38.2. The van der Waals surface area contributed by atoms with Crippen molar-refractivity contribution < 1.29 is 19.1 Å². The summed E-state index contributed by atoms with van der Waals surface area (Å²) >= 11 is 7.47. The number of ether oxygens (including phenoxy) is 1. The molecule has 36 heavy (non-hydrogen) atoms. The van der Waals surface area contributed by atoms with Gasteiger partial charge in [0.05, 0.1) is 6.61 Å². The monoisotopic (exact) mass is 520 g/mol. The number of amides is 2. The van der Waals surface area contributed by atoms with Crippen molar-refractivity contribution >= 4 is 52.9 Å². The number of esters is 1. The Morgan fingerprint density at radius 3 is 2.44 bits per heavy atom. The third-order valence-electron chi connectivity index (χ3n) is 4.69. The maximum absolute atomic E-state index is 13.2. The van der Waals surface area contributed by atoms with Crippen molar-refractivity contribution in [2.24, 2.45) is 0 Å². The van der Waals surface area contributed by atoms with Crippen molar-refractivity contribution in [3.63, 3.8) is 0 Å². The Bertz CT molecular complexity index is 1260. The molecule has 3 rings (SSSR count). The molecule has 0 unspecified atom stereocenters. The molecular formula is C28H25ClN2O4S. The first-order valence-electron chi connectivity index (χ1n) is 11.2. The van der Waals surface area contributed by atoms with Gasteiger partial charge in [0, 0.05) is 33.0 Å². The lowest BCUT2D eigenvalue weighted by molar-refractivity contribution is -0.137. The Morgan fingerprint density at radius 2 is 1.72 bits per heavy atom. The molecule has 0 atom stereocenters. The van der Waals surface area contributed by atoms with E-state index in [0.29, 0.717) is 34.2 Å². The second kappa shape index (κ2) is 13.9. The van der Waals surface area contributed by atoms with Crippen LogP contribution in [0.25, 0.3) is 6.08 Å². The molecule has 0 saturated carbocycles. The molecule has 0 heterocycles. The standard InChI is InChI=1S/C28H25ClN2O4S/c1-2-35-26(32)12-7-17-36-24-11-6-10-23(19-24)30-28(34)25(18-20-13-15-22(29)16-14-20)31-27(33)21-8-4-3-5-9-21/h3-16,18-19H,2,17H2,1H3,(H,30,34)(H,31,33)/b12-7+,25-18+. The second-order valence-corrected chi connectivity index (χ2v) is 8.91. The van der Waals surface area contributed by atoms with Crippen LogP contribution in [0.3, 0.4) is 0 Å². The molecule has 0 aliphatic heterocycles. The molecule has 184 valence electrons. The number of benzene rings is 3. The second-order valence-electron chi connectivity index (χ2n) is 7.38. The number of carbonyl (C=O) groups is 3. The van der Waals surface area contributed by atoms with E-state index in [1.54, 1.807) is 73.7 Å². The summed E-state index contributed by atoms with van der Waals surface area (Å²) in [5, 5.41) is 6.12. The number of nitrogens with one attached hydrogen (secondary N) is 2. The van der Waals surface area contributed by atoms with Crippen LogP contribution >= 0.6 is 23.4 Å². The molecule has 0 fully saturated rings. The van der Waals surface area contributed by atoms with E-state index in [2.05, 4.69) is 10.6 Å². The lowest BCUT2D eigenvalue weighted by Gasteiger charge is -2.12. The summed E-state index contributed by atoms with van der Waals surface area (Å²) in [5.41, 5.74) is 1.79. The highest BCUT2D eigenvalue weighted by molar-refractivity contribution is 7.99. The molecule has 2 N–H and O–H groups in total. The van der Waals surface area contributed by atoms with Crippen LogP contribution in [0.5, 0.6) is 0 Å². The molecule has 8 heteroatoms. The van der Waals surface area contributed by atoms with Gasteiger partial charge in [-0.05, 0) is 61.0 Å². The third kappa shape index (κ3) is 8.76. The number of carbonyl (C=O) groups excluding carboxylic acids is 3. The summed E-state index contributed by atoms with van der Waals surface area (Å²) in [5.74, 6) is -0.690. The third-order valence-corrected chi connectivity index (χ3v) is 5.89. The van der Waals surface area contributed by atoms with Crippen molar-refractivity contribution in [1.29, 1.82) is 0 Å². The fourth-order valence-electron chi connectivity index (χ4n) is 3.01. The zero-order chi connectivity index (χ0) is 25.8. The Kier molecular flexibility index (Phi) is 10.4. The fourth-order valence-corrected chi connectivity index (χ4v) is 3.91. The summed E-state index contributed by atoms with van der Waals surface area (Å²) in [6, 6.07) is 22.9. The first-order valence-corrected chi connectivity index (χ1v) is 12.5. The fraction of sp³-hybridized carbons (Fsp3) is 0.107. The molecule has 0 spiro atoms. The highest BCUT2D eigenvalue weighted by Gasteiger charge is 2.15. The zero-order valence-electron chi connectivity index (χ0n) is 19.6. The van der Waals surface area contributed by atoms with Gasteiger partial charge in [0.1, 0.15) is 5.70 Å². The smallest absolute Gasteiger partial charge is 0.330 e. The van der Waals surface area contributed by atoms with Crippen LogP contribution in [0.1, 0.15) is 22.8 Å². The number of thioether (sulfide) groups is 1.